The van der Waals surface area contributed by atoms with Crippen LogP contribution in [0.2, 0.25) is 0 Å². The normalized spacial score (nSPS) is 11.3. The Morgan fingerprint density at radius 3 is 2.35 bits per heavy atom. The Labute approximate surface area is 153 Å². The summed E-state index contributed by atoms with van der Waals surface area (Å²) in [7, 11) is 0. The van der Waals surface area contributed by atoms with E-state index in [-0.39, 0.29) is 0 Å². The second-order valence-electron chi connectivity index (χ2n) is 5.94. The molecular weight excluding hydrogens is 344 g/mol. The summed E-state index contributed by atoms with van der Waals surface area (Å²) < 4.78 is 7.86. The standard InChI is InChI=1S/C20H14N4OS/c1-13-16-12-17(19-22-21-18(25-19)14-8-4-2-5-9-14)26-20(16)24(23-13)15-10-6-3-7-11-15/h2-12H,1H3. The van der Waals surface area contributed by atoms with Gasteiger partial charge in [-0.3, -0.25) is 0 Å². The summed E-state index contributed by atoms with van der Waals surface area (Å²) >= 11 is 1.61. The number of fused-ring (bicyclic) bond motifs is 1. The maximum Gasteiger partial charge on any atom is 0.258 e. The van der Waals surface area contributed by atoms with Crippen LogP contribution in [0.15, 0.2) is 71.1 Å². The van der Waals surface area contributed by atoms with Crippen LogP contribution in [0.5, 0.6) is 0 Å². The molecule has 3 heterocycles. The molecular formula is C20H14N4OS. The van der Waals surface area contributed by atoms with E-state index in [9.17, 15) is 0 Å². The second kappa shape index (κ2) is 5.93. The highest BCUT2D eigenvalue weighted by molar-refractivity contribution is 7.21. The average Bonchev–Trinajstić information content (AvgIpc) is 3.39. The Morgan fingerprint density at radius 1 is 0.885 bits per heavy atom. The third-order valence-corrected chi connectivity index (χ3v) is 5.30. The van der Waals surface area contributed by atoms with E-state index < -0.39 is 0 Å². The van der Waals surface area contributed by atoms with Gasteiger partial charge in [0.25, 0.3) is 5.89 Å². The van der Waals surface area contributed by atoms with E-state index in [2.05, 4.69) is 21.4 Å². The van der Waals surface area contributed by atoms with Gasteiger partial charge in [-0.05, 0) is 37.3 Å². The minimum absolute atomic E-state index is 0.527. The maximum atomic E-state index is 5.90. The number of aryl methyl sites for hydroxylation is 1. The minimum Gasteiger partial charge on any atom is -0.415 e. The molecule has 0 atom stereocenters. The van der Waals surface area contributed by atoms with Gasteiger partial charge < -0.3 is 4.42 Å². The van der Waals surface area contributed by atoms with Crippen molar-refractivity contribution in [1.29, 1.82) is 0 Å². The molecule has 0 amide bonds. The fourth-order valence-electron chi connectivity index (χ4n) is 2.92. The molecule has 0 aliphatic rings. The lowest BCUT2D eigenvalue weighted by molar-refractivity contribution is 0.586. The molecule has 0 saturated carbocycles. The van der Waals surface area contributed by atoms with Crippen LogP contribution in [0.3, 0.4) is 0 Å². The Morgan fingerprint density at radius 2 is 1.58 bits per heavy atom. The van der Waals surface area contributed by atoms with E-state index in [0.29, 0.717) is 11.8 Å². The van der Waals surface area contributed by atoms with Crippen molar-refractivity contribution in [3.63, 3.8) is 0 Å². The molecule has 26 heavy (non-hydrogen) atoms. The lowest BCUT2D eigenvalue weighted by atomic mass is 10.2. The average molecular weight is 358 g/mol. The van der Waals surface area contributed by atoms with E-state index in [1.807, 2.05) is 72.3 Å². The summed E-state index contributed by atoms with van der Waals surface area (Å²) in [4.78, 5) is 2.02. The molecule has 3 aromatic heterocycles. The van der Waals surface area contributed by atoms with Crippen molar-refractivity contribution in [2.45, 2.75) is 6.92 Å². The van der Waals surface area contributed by atoms with Crippen LogP contribution in [0.25, 0.3) is 38.1 Å². The number of hydrogen-bond acceptors (Lipinski definition) is 5. The third-order valence-electron chi connectivity index (χ3n) is 4.20. The van der Waals surface area contributed by atoms with Crippen molar-refractivity contribution in [2.75, 3.05) is 0 Å². The fraction of sp³-hybridized carbons (Fsp3) is 0.0500. The van der Waals surface area contributed by atoms with Crippen LogP contribution in [-0.2, 0) is 0 Å². The molecule has 0 N–H and O–H groups in total. The number of benzene rings is 2. The van der Waals surface area contributed by atoms with Gasteiger partial charge in [-0.15, -0.1) is 21.5 Å². The van der Waals surface area contributed by atoms with Crippen LogP contribution in [0, 0.1) is 6.92 Å². The summed E-state index contributed by atoms with van der Waals surface area (Å²) in [5, 5.41) is 14.2. The topological polar surface area (TPSA) is 56.7 Å². The van der Waals surface area contributed by atoms with Gasteiger partial charge in [-0.1, -0.05) is 36.4 Å². The zero-order valence-electron chi connectivity index (χ0n) is 14.0. The largest absolute Gasteiger partial charge is 0.415 e. The summed E-state index contributed by atoms with van der Waals surface area (Å²) in [6.45, 7) is 2.02. The van der Waals surface area contributed by atoms with E-state index in [0.717, 1.165) is 32.0 Å². The first-order valence-corrected chi connectivity index (χ1v) is 9.05. The molecule has 0 aliphatic heterocycles. The molecule has 6 heteroatoms. The number of rotatable bonds is 3. The molecule has 2 aromatic carbocycles. The summed E-state index contributed by atoms with van der Waals surface area (Å²) in [6, 6.07) is 22.0. The van der Waals surface area contributed by atoms with E-state index in [1.165, 1.54) is 0 Å². The highest BCUT2D eigenvalue weighted by Gasteiger charge is 2.18. The second-order valence-corrected chi connectivity index (χ2v) is 6.97. The number of thiophene rings is 1. The third kappa shape index (κ3) is 2.43. The van der Waals surface area contributed by atoms with Crippen molar-refractivity contribution in [3.05, 3.63) is 72.4 Å². The SMILES string of the molecule is Cc1nn(-c2ccccc2)c2sc(-c3nnc(-c4ccccc4)o3)cc12. The zero-order chi connectivity index (χ0) is 17.5. The summed E-state index contributed by atoms with van der Waals surface area (Å²) in [6.07, 6.45) is 0. The van der Waals surface area contributed by atoms with Crippen molar-refractivity contribution < 1.29 is 4.42 Å². The number of nitrogens with zero attached hydrogens (tertiary/aromatic N) is 4. The molecule has 5 rings (SSSR count). The Hall–Kier alpha value is -3.25. The van der Waals surface area contributed by atoms with Crippen molar-refractivity contribution in [1.82, 2.24) is 20.0 Å². The van der Waals surface area contributed by atoms with Gasteiger partial charge in [0, 0.05) is 10.9 Å². The molecule has 5 aromatic rings. The molecule has 126 valence electrons. The first-order chi connectivity index (χ1) is 12.8. The smallest absolute Gasteiger partial charge is 0.258 e. The highest BCUT2D eigenvalue weighted by atomic mass is 32.1. The van der Waals surface area contributed by atoms with Gasteiger partial charge in [0.05, 0.1) is 16.3 Å². The van der Waals surface area contributed by atoms with E-state index in [1.54, 1.807) is 11.3 Å². The number of para-hydroxylation sites is 1. The highest BCUT2D eigenvalue weighted by Crippen LogP contribution is 2.36. The maximum absolute atomic E-state index is 5.90. The van der Waals surface area contributed by atoms with Crippen molar-refractivity contribution >= 4 is 21.6 Å². The summed E-state index contributed by atoms with van der Waals surface area (Å²) in [5.41, 5.74) is 2.93. The van der Waals surface area contributed by atoms with Crippen molar-refractivity contribution in [3.8, 4) is 27.9 Å². The quantitative estimate of drug-likeness (QED) is 0.449. The molecule has 0 spiro atoms. The monoisotopic (exact) mass is 358 g/mol. The van der Waals surface area contributed by atoms with Crippen LogP contribution < -0.4 is 0 Å². The lowest BCUT2D eigenvalue weighted by Gasteiger charge is -2.00. The Kier molecular flexibility index (Phi) is 3.43. The lowest BCUT2D eigenvalue weighted by Crippen LogP contribution is -1.94. The van der Waals surface area contributed by atoms with Gasteiger partial charge in [0.15, 0.2) is 0 Å². The van der Waals surface area contributed by atoms with Gasteiger partial charge in [0.2, 0.25) is 5.89 Å². The van der Waals surface area contributed by atoms with E-state index in [4.69, 9.17) is 4.42 Å². The van der Waals surface area contributed by atoms with E-state index >= 15 is 0 Å². The Bertz CT molecular complexity index is 1190. The van der Waals surface area contributed by atoms with Crippen molar-refractivity contribution in [2.24, 2.45) is 0 Å². The fourth-order valence-corrected chi connectivity index (χ4v) is 4.02. The molecule has 5 nitrogen and oxygen atoms in total. The van der Waals surface area contributed by atoms with Gasteiger partial charge in [-0.2, -0.15) is 5.10 Å². The predicted molar refractivity (Wildman–Crippen MR) is 102 cm³/mol. The van der Waals surface area contributed by atoms with Crippen LogP contribution in [0.1, 0.15) is 5.69 Å². The number of aromatic nitrogens is 4. The first-order valence-electron chi connectivity index (χ1n) is 8.23. The molecule has 0 bridgehead atoms. The first kappa shape index (κ1) is 15.0. The molecule has 0 aliphatic carbocycles. The molecule has 0 saturated heterocycles. The van der Waals surface area contributed by atoms with Gasteiger partial charge in [0.1, 0.15) is 4.83 Å². The summed E-state index contributed by atoms with van der Waals surface area (Å²) in [5.74, 6) is 1.06. The zero-order valence-corrected chi connectivity index (χ0v) is 14.8. The number of hydrogen-bond donors (Lipinski definition) is 0. The minimum atomic E-state index is 0.527. The molecule has 0 fully saturated rings. The predicted octanol–water partition coefficient (Wildman–Crippen LogP) is 5.11. The Balaban J connectivity index is 1.60. The van der Waals surface area contributed by atoms with Crippen LogP contribution in [0.4, 0.5) is 0 Å². The van der Waals surface area contributed by atoms with Gasteiger partial charge >= 0.3 is 0 Å². The van der Waals surface area contributed by atoms with Crippen LogP contribution >= 0.6 is 11.3 Å². The molecule has 0 radical (unpaired) electrons. The van der Waals surface area contributed by atoms with Crippen LogP contribution in [-0.4, -0.2) is 20.0 Å². The molecule has 0 unspecified atom stereocenters. The van der Waals surface area contributed by atoms with Gasteiger partial charge in [-0.25, -0.2) is 4.68 Å².